The lowest BCUT2D eigenvalue weighted by Gasteiger charge is -2.25. The summed E-state index contributed by atoms with van der Waals surface area (Å²) < 4.78 is 0. The molecule has 0 radical (unpaired) electrons. The van der Waals surface area contributed by atoms with Crippen LogP contribution in [-0.4, -0.2) is 29.8 Å². The maximum absolute atomic E-state index is 12.8. The lowest BCUT2D eigenvalue weighted by atomic mass is 9.90. The molecule has 2 heterocycles. The average molecular weight is 420 g/mol. The van der Waals surface area contributed by atoms with Crippen molar-refractivity contribution in [3.05, 3.63) is 50.9 Å². The Kier molecular flexibility index (Phi) is 6.43. The Labute approximate surface area is 175 Å². The number of hydrogen-bond donors (Lipinski definition) is 2. The molecule has 2 aromatic rings. The monoisotopic (exact) mass is 419 g/mol. The van der Waals surface area contributed by atoms with Crippen LogP contribution in [0.1, 0.15) is 62.0 Å². The molecule has 28 heavy (non-hydrogen) atoms. The number of rotatable bonds is 4. The number of benzene rings is 1. The lowest BCUT2D eigenvalue weighted by Crippen LogP contribution is -2.30. The second-order valence-electron chi connectivity index (χ2n) is 7.34. The van der Waals surface area contributed by atoms with Gasteiger partial charge >= 0.3 is 0 Å². The molecule has 7 heteroatoms. The first kappa shape index (κ1) is 20.8. The molecule has 0 unspecified atom stereocenters. The predicted octanol–water partition coefficient (Wildman–Crippen LogP) is 3.78. The van der Waals surface area contributed by atoms with Crippen LogP contribution in [0, 0.1) is 0 Å². The summed E-state index contributed by atoms with van der Waals surface area (Å²) >= 11 is 1.49. The van der Waals surface area contributed by atoms with E-state index in [4.69, 9.17) is 5.73 Å². The molecule has 0 saturated carbocycles. The van der Waals surface area contributed by atoms with Gasteiger partial charge in [0.05, 0.1) is 5.56 Å². The van der Waals surface area contributed by atoms with Gasteiger partial charge in [-0.1, -0.05) is 13.0 Å². The maximum atomic E-state index is 12.8. The molecule has 2 aliphatic rings. The molecule has 0 bridgehead atoms. The molecule has 0 spiro atoms. The van der Waals surface area contributed by atoms with Crippen LogP contribution in [-0.2, 0) is 25.8 Å². The number of carbonyl (C=O) groups is 2. The largest absolute Gasteiger partial charge is 0.365 e. The summed E-state index contributed by atoms with van der Waals surface area (Å²) in [7, 11) is 0. The van der Waals surface area contributed by atoms with Gasteiger partial charge in [0.2, 0.25) is 0 Å². The van der Waals surface area contributed by atoms with Crippen molar-refractivity contribution >= 4 is 40.6 Å². The van der Waals surface area contributed by atoms with Gasteiger partial charge in [-0.05, 0) is 67.5 Å². The molecule has 4 rings (SSSR count). The highest BCUT2D eigenvalue weighted by atomic mass is 35.5. The number of nitrogens with one attached hydrogen (secondary N) is 1. The van der Waals surface area contributed by atoms with Gasteiger partial charge in [0.15, 0.2) is 0 Å². The highest BCUT2D eigenvalue weighted by Crippen LogP contribution is 2.37. The number of nitrogens with zero attached hydrogens (tertiary/aromatic N) is 1. The van der Waals surface area contributed by atoms with Crippen molar-refractivity contribution in [2.75, 3.05) is 18.4 Å². The molecule has 1 aromatic heterocycles. The Bertz CT molecular complexity index is 909. The summed E-state index contributed by atoms with van der Waals surface area (Å²) in [5.74, 6) is -0.630. The van der Waals surface area contributed by atoms with Crippen molar-refractivity contribution in [1.82, 2.24) is 4.90 Å². The van der Waals surface area contributed by atoms with Gasteiger partial charge in [-0.3, -0.25) is 14.5 Å². The Balaban J connectivity index is 0.00000225. The first-order chi connectivity index (χ1) is 13.1. The number of amides is 2. The van der Waals surface area contributed by atoms with Crippen molar-refractivity contribution < 1.29 is 9.59 Å². The number of nitrogens with two attached hydrogens (primary N) is 1. The zero-order valence-electron chi connectivity index (χ0n) is 16.0. The second-order valence-corrected chi connectivity index (χ2v) is 8.44. The van der Waals surface area contributed by atoms with Gasteiger partial charge in [-0.15, -0.1) is 23.7 Å². The summed E-state index contributed by atoms with van der Waals surface area (Å²) in [5.41, 5.74) is 10.4. The van der Waals surface area contributed by atoms with Gasteiger partial charge in [0, 0.05) is 23.5 Å². The molecule has 0 fully saturated rings. The van der Waals surface area contributed by atoms with Gasteiger partial charge in [0.25, 0.3) is 11.8 Å². The van der Waals surface area contributed by atoms with E-state index in [0.29, 0.717) is 16.1 Å². The zero-order valence-corrected chi connectivity index (χ0v) is 17.7. The molecular formula is C21H26ClN3O2S. The van der Waals surface area contributed by atoms with E-state index in [1.807, 2.05) is 12.1 Å². The van der Waals surface area contributed by atoms with Crippen LogP contribution >= 0.6 is 23.7 Å². The van der Waals surface area contributed by atoms with Crippen molar-refractivity contribution in [3.63, 3.8) is 0 Å². The van der Waals surface area contributed by atoms with Gasteiger partial charge in [-0.2, -0.15) is 0 Å². The molecule has 0 atom stereocenters. The molecule has 1 aliphatic carbocycles. The SMILES string of the molecule is CCN1CCc2c(sc(NC(=O)c3ccc4c(c3)CCCC4)c2C(N)=O)C1.Cl. The second kappa shape index (κ2) is 8.64. The van der Waals surface area contributed by atoms with E-state index < -0.39 is 5.91 Å². The van der Waals surface area contributed by atoms with Gasteiger partial charge < -0.3 is 11.1 Å². The minimum absolute atomic E-state index is 0. The molecule has 0 saturated heterocycles. The molecule has 1 aromatic carbocycles. The van der Waals surface area contributed by atoms with Crippen LogP contribution in [0.5, 0.6) is 0 Å². The molecule has 3 N–H and O–H groups in total. The fraction of sp³-hybridized carbons (Fsp3) is 0.429. The minimum Gasteiger partial charge on any atom is -0.365 e. The Morgan fingerprint density at radius 2 is 1.93 bits per heavy atom. The summed E-state index contributed by atoms with van der Waals surface area (Å²) in [6.45, 7) is 4.83. The van der Waals surface area contributed by atoms with Gasteiger partial charge in [0.1, 0.15) is 5.00 Å². The number of anilines is 1. The van der Waals surface area contributed by atoms with Crippen molar-refractivity contribution in [3.8, 4) is 0 Å². The molecule has 2 amide bonds. The van der Waals surface area contributed by atoms with Crippen LogP contribution in [0.2, 0.25) is 0 Å². The van der Waals surface area contributed by atoms with Crippen LogP contribution in [0.3, 0.4) is 0 Å². The first-order valence-corrected chi connectivity index (χ1v) is 10.5. The third-order valence-electron chi connectivity index (χ3n) is 5.67. The number of primary amides is 1. The molecular weight excluding hydrogens is 394 g/mol. The van der Waals surface area contributed by atoms with E-state index in [2.05, 4.69) is 23.2 Å². The van der Waals surface area contributed by atoms with Crippen molar-refractivity contribution in [1.29, 1.82) is 0 Å². The van der Waals surface area contributed by atoms with E-state index in [1.54, 1.807) is 0 Å². The number of thiophene rings is 1. The highest BCUT2D eigenvalue weighted by Gasteiger charge is 2.27. The number of halogens is 1. The van der Waals surface area contributed by atoms with Crippen LogP contribution in [0.4, 0.5) is 5.00 Å². The normalized spacial score (nSPS) is 15.9. The van der Waals surface area contributed by atoms with E-state index >= 15 is 0 Å². The first-order valence-electron chi connectivity index (χ1n) is 9.66. The fourth-order valence-corrected chi connectivity index (χ4v) is 5.42. The molecule has 1 aliphatic heterocycles. The van der Waals surface area contributed by atoms with E-state index in [0.717, 1.165) is 49.3 Å². The third kappa shape index (κ3) is 3.95. The topological polar surface area (TPSA) is 75.4 Å². The molecule has 150 valence electrons. The number of carbonyl (C=O) groups excluding carboxylic acids is 2. The van der Waals surface area contributed by atoms with Crippen molar-refractivity contribution in [2.45, 2.75) is 45.6 Å². The smallest absolute Gasteiger partial charge is 0.256 e. The summed E-state index contributed by atoms with van der Waals surface area (Å²) in [4.78, 5) is 28.4. The van der Waals surface area contributed by atoms with E-state index in [9.17, 15) is 9.59 Å². The van der Waals surface area contributed by atoms with Crippen LogP contribution in [0.25, 0.3) is 0 Å². The minimum atomic E-state index is -0.460. The van der Waals surface area contributed by atoms with Gasteiger partial charge in [-0.25, -0.2) is 0 Å². The summed E-state index contributed by atoms with van der Waals surface area (Å²) in [5, 5.41) is 3.56. The summed E-state index contributed by atoms with van der Waals surface area (Å²) in [6, 6.07) is 5.95. The Morgan fingerprint density at radius 3 is 2.64 bits per heavy atom. The lowest BCUT2D eigenvalue weighted by molar-refractivity contribution is 0.1000. The fourth-order valence-electron chi connectivity index (χ4n) is 4.12. The number of fused-ring (bicyclic) bond motifs is 2. The van der Waals surface area contributed by atoms with E-state index in [1.165, 1.54) is 35.3 Å². The van der Waals surface area contributed by atoms with Crippen molar-refractivity contribution in [2.24, 2.45) is 5.73 Å². The highest BCUT2D eigenvalue weighted by molar-refractivity contribution is 7.17. The third-order valence-corrected chi connectivity index (χ3v) is 6.80. The number of likely N-dealkylation sites (N-methyl/N-ethyl adjacent to an activating group) is 1. The van der Waals surface area contributed by atoms with E-state index in [-0.39, 0.29) is 18.3 Å². The molecule has 5 nitrogen and oxygen atoms in total. The van der Waals surface area contributed by atoms with Crippen LogP contribution < -0.4 is 11.1 Å². The quantitative estimate of drug-likeness (QED) is 0.791. The predicted molar refractivity (Wildman–Crippen MR) is 116 cm³/mol. The maximum Gasteiger partial charge on any atom is 0.256 e. The summed E-state index contributed by atoms with van der Waals surface area (Å²) in [6.07, 6.45) is 5.32. The standard InChI is InChI=1S/C21H25N3O2S.ClH/c1-2-24-10-9-16-17(12-24)27-21(18(16)19(22)25)23-20(26)15-8-7-13-5-3-4-6-14(13)11-15;/h7-8,11H,2-6,9-10,12H2,1H3,(H2,22,25)(H,23,26);1H. The van der Waals surface area contributed by atoms with Crippen LogP contribution in [0.15, 0.2) is 18.2 Å². The Hall–Kier alpha value is -1.89. The average Bonchev–Trinajstić information content (AvgIpc) is 3.04. The Morgan fingerprint density at radius 1 is 1.18 bits per heavy atom. The zero-order chi connectivity index (χ0) is 19.0. The number of aryl methyl sites for hydroxylation is 2. The number of hydrogen-bond acceptors (Lipinski definition) is 4.